The van der Waals surface area contributed by atoms with Crippen molar-refractivity contribution in [2.75, 3.05) is 0 Å². The van der Waals surface area contributed by atoms with Gasteiger partial charge in [0.15, 0.2) is 0 Å². The molecule has 6 aromatic rings. The van der Waals surface area contributed by atoms with Crippen LogP contribution in [0.4, 0.5) is 0 Å². The zero-order valence-corrected chi connectivity index (χ0v) is 33.1. The largest absolute Gasteiger partial charge is 0.508 e. The van der Waals surface area contributed by atoms with Gasteiger partial charge in [-0.25, -0.2) is 9.59 Å². The summed E-state index contributed by atoms with van der Waals surface area (Å²) in [5.74, 6) is -1.09. The van der Waals surface area contributed by atoms with E-state index >= 15 is 0 Å². The molecule has 0 unspecified atom stereocenters. The van der Waals surface area contributed by atoms with Crippen molar-refractivity contribution < 1.29 is 48.3 Å². The van der Waals surface area contributed by atoms with Gasteiger partial charge in [-0.1, -0.05) is 88.4 Å². The molecule has 0 spiro atoms. The fraction of sp³-hybridized carbons (Fsp3) is 0.184. The minimum atomic E-state index is -0.630. The molecule has 59 heavy (non-hydrogen) atoms. The number of aromatic hydroxyl groups is 2. The molecule has 0 aliphatic carbocycles. The molecule has 0 aromatic heterocycles. The standard InChI is InChI=1S/C49H44O10/c1-48(2,34-14-22-38(50)23-15-34)36-18-26-40(27-19-36)58-46(54)32-8-5-10-42(30-32)56-44(52)12-7-13-45(53)57-43-11-6-9-33(31-43)47(55)59-41-28-20-37(21-29-41)49(3,4)35-16-24-39(51)25-17-35/h5-6,8-11,14-31,50-51H,7,12-13H2,1-4H3. The number of hydrogen-bond donors (Lipinski definition) is 2. The summed E-state index contributed by atoms with van der Waals surface area (Å²) in [6.45, 7) is 8.24. The van der Waals surface area contributed by atoms with Crippen LogP contribution in [-0.4, -0.2) is 34.1 Å². The fourth-order valence-electron chi connectivity index (χ4n) is 6.42. The molecule has 6 aromatic carbocycles. The number of phenolic OH excluding ortho intramolecular Hbond substituents is 2. The third kappa shape index (κ3) is 10.6. The molecule has 0 fully saturated rings. The minimum Gasteiger partial charge on any atom is -0.508 e. The Morgan fingerprint density at radius 3 is 1.08 bits per heavy atom. The first-order valence-corrected chi connectivity index (χ1v) is 19.0. The Kier molecular flexibility index (Phi) is 12.6. The summed E-state index contributed by atoms with van der Waals surface area (Å²) in [5.41, 5.74) is 3.66. The quantitative estimate of drug-likeness (QED) is 0.0807. The Balaban J connectivity index is 0.944. The van der Waals surface area contributed by atoms with Crippen LogP contribution in [0.5, 0.6) is 34.5 Å². The highest BCUT2D eigenvalue weighted by molar-refractivity contribution is 5.92. The maximum Gasteiger partial charge on any atom is 0.343 e. The van der Waals surface area contributed by atoms with E-state index < -0.39 is 23.9 Å². The smallest absolute Gasteiger partial charge is 0.343 e. The highest BCUT2D eigenvalue weighted by Crippen LogP contribution is 2.35. The number of hydrogen-bond acceptors (Lipinski definition) is 10. The van der Waals surface area contributed by atoms with Gasteiger partial charge in [0.25, 0.3) is 0 Å². The van der Waals surface area contributed by atoms with Gasteiger partial charge >= 0.3 is 23.9 Å². The van der Waals surface area contributed by atoms with E-state index in [4.69, 9.17) is 18.9 Å². The van der Waals surface area contributed by atoms with Gasteiger partial charge in [-0.3, -0.25) is 9.59 Å². The SMILES string of the molecule is CC(C)(c1ccc(O)cc1)c1ccc(OC(=O)c2cccc(OC(=O)CCCC(=O)Oc3cccc(C(=O)Oc4ccc(C(C)(C)c5ccc(O)cc5)cc4)c3)c2)cc1. The molecule has 0 heterocycles. The zero-order chi connectivity index (χ0) is 42.2. The Bertz CT molecular complexity index is 2260. The van der Waals surface area contributed by atoms with Crippen LogP contribution in [0.2, 0.25) is 0 Å². The molecule has 0 saturated carbocycles. The monoisotopic (exact) mass is 792 g/mol. The third-order valence-corrected chi connectivity index (χ3v) is 10.1. The predicted molar refractivity (Wildman–Crippen MR) is 221 cm³/mol. The van der Waals surface area contributed by atoms with Crippen LogP contribution < -0.4 is 18.9 Å². The van der Waals surface area contributed by atoms with Crippen molar-refractivity contribution in [2.45, 2.75) is 57.8 Å². The lowest BCUT2D eigenvalue weighted by Crippen LogP contribution is -2.18. The molecule has 0 aliphatic rings. The Morgan fingerprint density at radius 1 is 0.424 bits per heavy atom. The topological polar surface area (TPSA) is 146 Å². The van der Waals surface area contributed by atoms with E-state index in [1.165, 1.54) is 24.3 Å². The summed E-state index contributed by atoms with van der Waals surface area (Å²) in [7, 11) is 0. The molecule has 300 valence electrons. The number of rotatable bonds is 14. The summed E-state index contributed by atoms with van der Waals surface area (Å²) < 4.78 is 22.0. The lowest BCUT2D eigenvalue weighted by atomic mass is 9.78. The summed E-state index contributed by atoms with van der Waals surface area (Å²) in [4.78, 5) is 51.1. The molecule has 0 amide bonds. The maximum atomic E-state index is 12.9. The third-order valence-electron chi connectivity index (χ3n) is 10.1. The first-order chi connectivity index (χ1) is 28.2. The first kappa shape index (κ1) is 41.4. The summed E-state index contributed by atoms with van der Waals surface area (Å²) in [5, 5.41) is 19.3. The van der Waals surface area contributed by atoms with E-state index in [1.54, 1.807) is 72.8 Å². The average molecular weight is 793 g/mol. The molecule has 0 aliphatic heterocycles. The first-order valence-electron chi connectivity index (χ1n) is 19.0. The van der Waals surface area contributed by atoms with Gasteiger partial charge in [0, 0.05) is 23.7 Å². The Morgan fingerprint density at radius 2 is 0.746 bits per heavy atom. The lowest BCUT2D eigenvalue weighted by Gasteiger charge is -2.26. The second kappa shape index (κ2) is 17.9. The molecule has 10 heteroatoms. The van der Waals surface area contributed by atoms with Crippen LogP contribution in [0.1, 0.15) is 89.9 Å². The molecule has 0 radical (unpaired) electrons. The van der Waals surface area contributed by atoms with Gasteiger partial charge in [-0.15, -0.1) is 0 Å². The summed E-state index contributed by atoms with van der Waals surface area (Å²) in [6, 6.07) is 40.5. The molecule has 0 atom stereocenters. The number of phenols is 2. The Labute approximate surface area is 342 Å². The van der Waals surface area contributed by atoms with Gasteiger partial charge in [-0.05, 0) is 114 Å². The van der Waals surface area contributed by atoms with E-state index in [9.17, 15) is 29.4 Å². The van der Waals surface area contributed by atoms with Crippen LogP contribution in [0.25, 0.3) is 0 Å². The zero-order valence-electron chi connectivity index (χ0n) is 33.1. The number of carbonyl (C=O) groups is 4. The van der Waals surface area contributed by atoms with Gasteiger partial charge in [0.05, 0.1) is 11.1 Å². The van der Waals surface area contributed by atoms with E-state index in [2.05, 4.69) is 27.7 Å². The van der Waals surface area contributed by atoms with Crippen molar-refractivity contribution in [1.29, 1.82) is 0 Å². The summed E-state index contributed by atoms with van der Waals surface area (Å²) >= 11 is 0. The van der Waals surface area contributed by atoms with Crippen LogP contribution in [-0.2, 0) is 20.4 Å². The van der Waals surface area contributed by atoms with E-state index in [1.807, 2.05) is 48.5 Å². The van der Waals surface area contributed by atoms with Crippen molar-refractivity contribution in [3.8, 4) is 34.5 Å². The van der Waals surface area contributed by atoms with Gasteiger partial charge < -0.3 is 29.2 Å². The minimum absolute atomic E-state index is 0.0894. The molecular weight excluding hydrogens is 749 g/mol. The predicted octanol–water partition coefficient (Wildman–Crippen LogP) is 9.87. The number of benzene rings is 6. The normalized spacial score (nSPS) is 11.3. The van der Waals surface area contributed by atoms with Crippen molar-refractivity contribution in [1.82, 2.24) is 0 Å². The molecular formula is C49H44O10. The van der Waals surface area contributed by atoms with Crippen LogP contribution in [0.15, 0.2) is 146 Å². The molecule has 10 nitrogen and oxygen atoms in total. The lowest BCUT2D eigenvalue weighted by molar-refractivity contribution is -0.136. The maximum absolute atomic E-state index is 12.9. The second-order valence-corrected chi connectivity index (χ2v) is 15.0. The molecule has 0 bridgehead atoms. The van der Waals surface area contributed by atoms with E-state index in [0.29, 0.717) is 11.5 Å². The number of ether oxygens (including phenoxy) is 4. The van der Waals surface area contributed by atoms with Crippen LogP contribution in [0, 0.1) is 0 Å². The van der Waals surface area contributed by atoms with Crippen LogP contribution >= 0.6 is 0 Å². The van der Waals surface area contributed by atoms with Crippen molar-refractivity contribution >= 4 is 23.9 Å². The van der Waals surface area contributed by atoms with E-state index in [-0.39, 0.29) is 64.2 Å². The Hall–Kier alpha value is -7.20. The highest BCUT2D eigenvalue weighted by atomic mass is 16.5. The van der Waals surface area contributed by atoms with Gasteiger partial charge in [0.1, 0.15) is 34.5 Å². The molecule has 6 rings (SSSR count). The van der Waals surface area contributed by atoms with Crippen LogP contribution in [0.3, 0.4) is 0 Å². The van der Waals surface area contributed by atoms with Crippen molar-refractivity contribution in [3.05, 3.63) is 179 Å². The van der Waals surface area contributed by atoms with Crippen molar-refractivity contribution in [2.24, 2.45) is 0 Å². The molecule has 0 saturated heterocycles. The fourth-order valence-corrected chi connectivity index (χ4v) is 6.42. The second-order valence-electron chi connectivity index (χ2n) is 15.0. The number of carbonyl (C=O) groups excluding carboxylic acids is 4. The summed E-state index contributed by atoms with van der Waals surface area (Å²) in [6.07, 6.45) is -0.0397. The molecule has 2 N–H and O–H groups in total. The van der Waals surface area contributed by atoms with Crippen molar-refractivity contribution in [3.63, 3.8) is 0 Å². The number of esters is 4. The highest BCUT2D eigenvalue weighted by Gasteiger charge is 2.25. The average Bonchev–Trinajstić information content (AvgIpc) is 3.22. The van der Waals surface area contributed by atoms with Gasteiger partial charge in [0.2, 0.25) is 0 Å². The van der Waals surface area contributed by atoms with E-state index in [0.717, 1.165) is 22.3 Å². The van der Waals surface area contributed by atoms with Gasteiger partial charge in [-0.2, -0.15) is 0 Å².